The minimum atomic E-state index is 0. The summed E-state index contributed by atoms with van der Waals surface area (Å²) in [6.07, 6.45) is 10.0. The van der Waals surface area contributed by atoms with Gasteiger partial charge >= 0.3 is 21.7 Å². The Morgan fingerprint density at radius 1 is 1.22 bits per heavy atom. The molecule has 0 heterocycles. The fourth-order valence-electron chi connectivity index (χ4n) is 0.340. The van der Waals surface area contributed by atoms with Gasteiger partial charge in [0.25, 0.3) is 0 Å². The molecule has 1 aliphatic carbocycles. The van der Waals surface area contributed by atoms with E-state index < -0.39 is 0 Å². The fraction of sp³-hybridized carbons (Fsp3) is 0.167. The Morgan fingerprint density at radius 2 is 1.78 bits per heavy atom. The number of rotatable bonds is 0. The summed E-state index contributed by atoms with van der Waals surface area (Å²) in [4.78, 5) is 0. The zero-order chi connectivity index (χ0) is 3.54. The first-order chi connectivity index (χ1) is 2.50. The van der Waals surface area contributed by atoms with Gasteiger partial charge in [0.05, 0.1) is 0 Å². The summed E-state index contributed by atoms with van der Waals surface area (Å²) >= 11 is 0. The molecule has 0 aliphatic heterocycles. The summed E-state index contributed by atoms with van der Waals surface area (Å²) in [5.74, 6) is 0. The molecule has 9 heavy (non-hydrogen) atoms. The van der Waals surface area contributed by atoms with Crippen molar-refractivity contribution in [2.75, 3.05) is 0 Å². The zero-order valence-electron chi connectivity index (χ0n) is 5.20. The first-order valence-electron chi connectivity index (χ1n) is 1.72. The first kappa shape index (κ1) is 22.5. The number of allylic oxidation sites excluding steroid dienone is 4. The SMILES string of the molecule is [Br-].[Br-].[C-]1=CC=CC1.[CH3-].[Ti+4]. The van der Waals surface area contributed by atoms with Gasteiger partial charge in [-0.15, -0.1) is 6.42 Å². The average Bonchev–Trinajstić information content (AvgIpc) is 1.76. The number of hydrogen-bond donors (Lipinski definition) is 0. The Kier molecular flexibility index (Phi) is 40.1. The van der Waals surface area contributed by atoms with Crippen molar-refractivity contribution in [3.05, 3.63) is 31.7 Å². The van der Waals surface area contributed by atoms with Crippen LogP contribution in [0.1, 0.15) is 6.42 Å². The Balaban J connectivity index is -0.0000000312. The first-order valence-corrected chi connectivity index (χ1v) is 1.72. The van der Waals surface area contributed by atoms with Gasteiger partial charge in [-0.25, -0.2) is 12.2 Å². The molecule has 0 atom stereocenters. The minimum absolute atomic E-state index is 0. The molecule has 0 spiro atoms. The van der Waals surface area contributed by atoms with Crippen LogP contribution in [-0.4, -0.2) is 0 Å². The van der Waals surface area contributed by atoms with E-state index >= 15 is 0 Å². The van der Waals surface area contributed by atoms with Gasteiger partial charge < -0.3 is 41.4 Å². The van der Waals surface area contributed by atoms with Gasteiger partial charge in [-0.1, -0.05) is 0 Å². The molecule has 0 saturated heterocycles. The van der Waals surface area contributed by atoms with E-state index in [1.165, 1.54) is 0 Å². The second-order valence-corrected chi connectivity index (χ2v) is 1.00. The number of halogens is 2. The van der Waals surface area contributed by atoms with Crippen molar-refractivity contribution < 1.29 is 55.7 Å². The topological polar surface area (TPSA) is 0 Å². The molecule has 0 fully saturated rings. The molecule has 0 radical (unpaired) electrons. The standard InChI is InChI=1S/C5H5.CH3.2BrH.Ti/c1-2-4-5-3-1;;;;/h1-3H,4H2;1H3;2*1H;/q2*-1;;;+4/p-2. The molecule has 1 aliphatic rings. The molecule has 0 saturated carbocycles. The Labute approximate surface area is 93.2 Å². The average molecular weight is 288 g/mol. The van der Waals surface area contributed by atoms with Gasteiger partial charge in [-0.05, 0) is 0 Å². The summed E-state index contributed by atoms with van der Waals surface area (Å²) in [7, 11) is 0. The van der Waals surface area contributed by atoms with E-state index in [0.717, 1.165) is 6.42 Å². The van der Waals surface area contributed by atoms with Crippen molar-refractivity contribution in [2.24, 2.45) is 0 Å². The van der Waals surface area contributed by atoms with Crippen LogP contribution in [0.5, 0.6) is 0 Å². The summed E-state index contributed by atoms with van der Waals surface area (Å²) in [5.41, 5.74) is 0. The van der Waals surface area contributed by atoms with E-state index in [9.17, 15) is 0 Å². The van der Waals surface area contributed by atoms with Crippen LogP contribution in [0.4, 0.5) is 0 Å². The molecule has 0 amide bonds. The van der Waals surface area contributed by atoms with Crippen molar-refractivity contribution in [3.63, 3.8) is 0 Å². The second-order valence-electron chi connectivity index (χ2n) is 1.00. The molecular weight excluding hydrogens is 280 g/mol. The molecular formula is C6H8Br2Ti. The molecule has 0 unspecified atom stereocenters. The van der Waals surface area contributed by atoms with Crippen molar-refractivity contribution in [2.45, 2.75) is 6.42 Å². The molecule has 50 valence electrons. The Hall–Kier alpha value is 1.15. The maximum atomic E-state index is 2.99. The predicted molar refractivity (Wildman–Crippen MR) is 28.0 cm³/mol. The van der Waals surface area contributed by atoms with E-state index in [1.807, 2.05) is 12.2 Å². The minimum Gasteiger partial charge on any atom is -1.00 e. The van der Waals surface area contributed by atoms with Crippen molar-refractivity contribution in [1.82, 2.24) is 0 Å². The maximum Gasteiger partial charge on any atom is 4.00 e. The molecule has 0 aromatic rings. The summed E-state index contributed by atoms with van der Waals surface area (Å²) < 4.78 is 0. The molecule has 0 N–H and O–H groups in total. The molecule has 0 aromatic carbocycles. The van der Waals surface area contributed by atoms with E-state index in [4.69, 9.17) is 0 Å². The summed E-state index contributed by atoms with van der Waals surface area (Å²) in [6.45, 7) is 0. The van der Waals surface area contributed by atoms with Crippen LogP contribution in [0.2, 0.25) is 0 Å². The fourth-order valence-corrected chi connectivity index (χ4v) is 0.340. The van der Waals surface area contributed by atoms with Gasteiger partial charge in [0.2, 0.25) is 0 Å². The maximum absolute atomic E-state index is 2.99. The normalized spacial score (nSPS) is 9.78. The third kappa shape index (κ3) is 12.4. The van der Waals surface area contributed by atoms with Gasteiger partial charge in [0.15, 0.2) is 0 Å². The van der Waals surface area contributed by atoms with E-state index in [-0.39, 0.29) is 63.1 Å². The van der Waals surface area contributed by atoms with Crippen LogP contribution in [0.25, 0.3) is 0 Å². The molecule has 0 bridgehead atoms. The van der Waals surface area contributed by atoms with Crippen LogP contribution in [0.3, 0.4) is 0 Å². The van der Waals surface area contributed by atoms with Crippen LogP contribution >= 0.6 is 0 Å². The van der Waals surface area contributed by atoms with E-state index in [0.29, 0.717) is 0 Å². The monoisotopic (exact) mass is 286 g/mol. The summed E-state index contributed by atoms with van der Waals surface area (Å²) in [6, 6.07) is 0. The summed E-state index contributed by atoms with van der Waals surface area (Å²) in [5, 5.41) is 0. The predicted octanol–water partition coefficient (Wildman–Crippen LogP) is -4.24. The Morgan fingerprint density at radius 3 is 1.89 bits per heavy atom. The largest absolute Gasteiger partial charge is 4.00 e. The van der Waals surface area contributed by atoms with Crippen LogP contribution in [-0.2, 0) is 21.7 Å². The quantitative estimate of drug-likeness (QED) is 0.313. The van der Waals surface area contributed by atoms with Gasteiger partial charge in [0, 0.05) is 0 Å². The van der Waals surface area contributed by atoms with Crippen LogP contribution in [0.15, 0.2) is 18.2 Å². The van der Waals surface area contributed by atoms with Gasteiger partial charge in [-0.2, -0.15) is 6.08 Å². The van der Waals surface area contributed by atoms with Crippen LogP contribution in [0, 0.1) is 13.5 Å². The third-order valence-corrected chi connectivity index (χ3v) is 0.586. The Bertz CT molecular complexity index is 69.1. The van der Waals surface area contributed by atoms with Crippen molar-refractivity contribution in [3.8, 4) is 0 Å². The second kappa shape index (κ2) is 16.1. The molecule has 3 heteroatoms. The molecule has 0 aromatic heterocycles. The zero-order valence-corrected chi connectivity index (χ0v) is 9.93. The third-order valence-electron chi connectivity index (χ3n) is 0.586. The smallest absolute Gasteiger partial charge is 1.00 e. The molecule has 0 nitrogen and oxygen atoms in total. The number of hydrogen-bond acceptors (Lipinski definition) is 0. The van der Waals surface area contributed by atoms with Crippen molar-refractivity contribution >= 4 is 0 Å². The van der Waals surface area contributed by atoms with E-state index in [1.54, 1.807) is 0 Å². The van der Waals surface area contributed by atoms with Crippen LogP contribution < -0.4 is 34.0 Å². The van der Waals surface area contributed by atoms with Gasteiger partial charge in [0.1, 0.15) is 0 Å². The van der Waals surface area contributed by atoms with Crippen molar-refractivity contribution in [1.29, 1.82) is 0 Å². The van der Waals surface area contributed by atoms with E-state index in [2.05, 4.69) is 12.2 Å². The van der Waals surface area contributed by atoms with Gasteiger partial charge in [-0.3, -0.25) is 6.08 Å². The molecule has 1 rings (SSSR count).